The van der Waals surface area contributed by atoms with E-state index in [0.29, 0.717) is 12.0 Å². The Morgan fingerprint density at radius 1 is 1.47 bits per heavy atom. The molecule has 0 saturated carbocycles. The number of hydrogen-bond donors (Lipinski definition) is 2. The number of nitrogen functional groups attached to an aromatic ring is 1. The minimum absolute atomic E-state index is 0.412. The zero-order valence-electron chi connectivity index (χ0n) is 9.78. The first kappa shape index (κ1) is 11.7. The third-order valence-corrected chi connectivity index (χ3v) is 2.23. The molecule has 0 aliphatic carbocycles. The largest absolute Gasteiger partial charge is 0.354 e. The van der Waals surface area contributed by atoms with Crippen LogP contribution in [0.2, 0.25) is 0 Å². The summed E-state index contributed by atoms with van der Waals surface area (Å²) in [5.74, 6) is 6.68. The number of hydrogen-bond acceptors (Lipinski definition) is 5. The molecule has 0 saturated heterocycles. The SMILES string of the molecule is CCN(c1cc(C)nc(NN)n1)C(C)C. The Labute approximate surface area is 90.7 Å². The minimum atomic E-state index is 0.412. The fourth-order valence-electron chi connectivity index (χ4n) is 1.56. The standard InChI is InChI=1S/C10H19N5/c1-5-15(7(2)3)9-6-8(4)12-10(13-9)14-11/h6-7H,5,11H2,1-4H3,(H,12,13,14). The van der Waals surface area contributed by atoms with Gasteiger partial charge in [-0.25, -0.2) is 10.8 Å². The molecule has 1 aromatic heterocycles. The summed E-state index contributed by atoms with van der Waals surface area (Å²) >= 11 is 0. The van der Waals surface area contributed by atoms with E-state index in [-0.39, 0.29) is 0 Å². The van der Waals surface area contributed by atoms with E-state index in [0.717, 1.165) is 18.1 Å². The van der Waals surface area contributed by atoms with Gasteiger partial charge in [0.1, 0.15) is 5.82 Å². The van der Waals surface area contributed by atoms with Gasteiger partial charge in [-0.2, -0.15) is 4.98 Å². The highest BCUT2D eigenvalue weighted by atomic mass is 15.3. The second kappa shape index (κ2) is 4.93. The van der Waals surface area contributed by atoms with E-state index in [1.165, 1.54) is 0 Å². The van der Waals surface area contributed by atoms with Gasteiger partial charge in [0, 0.05) is 24.3 Å². The van der Waals surface area contributed by atoms with Gasteiger partial charge < -0.3 is 4.90 Å². The first-order valence-corrected chi connectivity index (χ1v) is 5.17. The number of rotatable bonds is 4. The monoisotopic (exact) mass is 209 g/mol. The van der Waals surface area contributed by atoms with E-state index in [4.69, 9.17) is 5.84 Å². The van der Waals surface area contributed by atoms with Gasteiger partial charge in [0.15, 0.2) is 0 Å². The van der Waals surface area contributed by atoms with Crippen molar-refractivity contribution in [1.29, 1.82) is 0 Å². The Morgan fingerprint density at radius 2 is 2.13 bits per heavy atom. The maximum absolute atomic E-state index is 5.31. The highest BCUT2D eigenvalue weighted by molar-refractivity contribution is 5.44. The van der Waals surface area contributed by atoms with E-state index >= 15 is 0 Å². The van der Waals surface area contributed by atoms with Crippen molar-refractivity contribution in [2.75, 3.05) is 16.9 Å². The topological polar surface area (TPSA) is 67.1 Å². The molecule has 0 amide bonds. The number of aromatic nitrogens is 2. The smallest absolute Gasteiger partial charge is 0.239 e. The highest BCUT2D eigenvalue weighted by Gasteiger charge is 2.11. The van der Waals surface area contributed by atoms with Crippen molar-refractivity contribution < 1.29 is 0 Å². The lowest BCUT2D eigenvalue weighted by molar-refractivity contribution is 0.691. The van der Waals surface area contributed by atoms with E-state index in [9.17, 15) is 0 Å². The maximum atomic E-state index is 5.31. The van der Waals surface area contributed by atoms with Gasteiger partial charge in [0.05, 0.1) is 0 Å². The van der Waals surface area contributed by atoms with Gasteiger partial charge in [0.2, 0.25) is 5.95 Å². The Bertz CT molecular complexity index is 324. The van der Waals surface area contributed by atoms with Crippen LogP contribution in [0.3, 0.4) is 0 Å². The number of nitrogens with zero attached hydrogens (tertiary/aromatic N) is 3. The predicted octanol–water partition coefficient (Wildman–Crippen LogP) is 1.31. The summed E-state index contributed by atoms with van der Waals surface area (Å²) in [6.07, 6.45) is 0. The molecule has 0 aromatic carbocycles. The Morgan fingerprint density at radius 3 is 2.60 bits per heavy atom. The van der Waals surface area contributed by atoms with Gasteiger partial charge in [-0.05, 0) is 27.7 Å². The van der Waals surface area contributed by atoms with Crippen LogP contribution < -0.4 is 16.2 Å². The molecule has 15 heavy (non-hydrogen) atoms. The lowest BCUT2D eigenvalue weighted by Crippen LogP contribution is -2.31. The number of aryl methyl sites for hydroxylation is 1. The molecular formula is C10H19N5. The number of nitrogens with one attached hydrogen (secondary N) is 1. The van der Waals surface area contributed by atoms with Crippen LogP contribution in [0.15, 0.2) is 6.07 Å². The normalized spacial score (nSPS) is 10.5. The van der Waals surface area contributed by atoms with Gasteiger partial charge in [-0.15, -0.1) is 0 Å². The van der Waals surface area contributed by atoms with Crippen molar-refractivity contribution in [2.24, 2.45) is 5.84 Å². The Balaban J connectivity index is 3.06. The molecule has 0 bridgehead atoms. The van der Waals surface area contributed by atoms with Gasteiger partial charge >= 0.3 is 0 Å². The van der Waals surface area contributed by atoms with E-state index in [1.54, 1.807) is 0 Å². The van der Waals surface area contributed by atoms with Crippen molar-refractivity contribution in [3.63, 3.8) is 0 Å². The third-order valence-electron chi connectivity index (χ3n) is 2.23. The molecule has 1 rings (SSSR count). The number of nitrogens with two attached hydrogens (primary N) is 1. The van der Waals surface area contributed by atoms with Crippen molar-refractivity contribution in [1.82, 2.24) is 9.97 Å². The lowest BCUT2D eigenvalue weighted by atomic mass is 10.3. The summed E-state index contributed by atoms with van der Waals surface area (Å²) < 4.78 is 0. The summed E-state index contributed by atoms with van der Waals surface area (Å²) in [7, 11) is 0. The maximum Gasteiger partial charge on any atom is 0.239 e. The van der Waals surface area contributed by atoms with Crippen LogP contribution in [0.25, 0.3) is 0 Å². The fraction of sp³-hybridized carbons (Fsp3) is 0.600. The second-order valence-corrected chi connectivity index (χ2v) is 3.72. The molecule has 0 radical (unpaired) electrons. The van der Waals surface area contributed by atoms with E-state index in [2.05, 4.69) is 41.1 Å². The molecule has 1 aromatic rings. The van der Waals surface area contributed by atoms with Crippen LogP contribution in [0.4, 0.5) is 11.8 Å². The van der Waals surface area contributed by atoms with Gasteiger partial charge in [-0.1, -0.05) is 0 Å². The Kier molecular flexibility index (Phi) is 3.85. The zero-order chi connectivity index (χ0) is 11.4. The molecule has 1 heterocycles. The van der Waals surface area contributed by atoms with Crippen molar-refractivity contribution in [3.05, 3.63) is 11.8 Å². The van der Waals surface area contributed by atoms with Crippen molar-refractivity contribution in [2.45, 2.75) is 33.7 Å². The summed E-state index contributed by atoms with van der Waals surface area (Å²) in [6, 6.07) is 2.37. The van der Waals surface area contributed by atoms with Crippen LogP contribution in [0, 0.1) is 6.92 Å². The highest BCUT2D eigenvalue weighted by Crippen LogP contribution is 2.16. The molecule has 5 nitrogen and oxygen atoms in total. The van der Waals surface area contributed by atoms with Crippen LogP contribution in [-0.2, 0) is 0 Å². The molecule has 0 unspecified atom stereocenters. The number of anilines is 2. The summed E-state index contributed by atoms with van der Waals surface area (Å²) in [4.78, 5) is 10.7. The molecule has 0 aliphatic heterocycles. The summed E-state index contributed by atoms with van der Waals surface area (Å²) in [5.41, 5.74) is 3.39. The minimum Gasteiger partial charge on any atom is -0.354 e. The second-order valence-electron chi connectivity index (χ2n) is 3.72. The lowest BCUT2D eigenvalue weighted by Gasteiger charge is -2.26. The van der Waals surface area contributed by atoms with Gasteiger partial charge in [-0.3, -0.25) is 5.43 Å². The molecule has 0 atom stereocenters. The van der Waals surface area contributed by atoms with Gasteiger partial charge in [0.25, 0.3) is 0 Å². The first-order valence-electron chi connectivity index (χ1n) is 5.17. The van der Waals surface area contributed by atoms with E-state index < -0.39 is 0 Å². The molecule has 0 spiro atoms. The summed E-state index contributed by atoms with van der Waals surface area (Å²) in [5, 5.41) is 0. The average Bonchev–Trinajstić information content (AvgIpc) is 2.17. The molecule has 0 fully saturated rings. The third kappa shape index (κ3) is 2.79. The molecule has 0 aliphatic rings. The fourth-order valence-corrected chi connectivity index (χ4v) is 1.56. The molecule has 5 heteroatoms. The molecule has 3 N–H and O–H groups in total. The first-order chi connectivity index (χ1) is 7.08. The average molecular weight is 209 g/mol. The van der Waals surface area contributed by atoms with Crippen molar-refractivity contribution >= 4 is 11.8 Å². The Hall–Kier alpha value is -1.36. The van der Waals surface area contributed by atoms with Crippen LogP contribution in [0.5, 0.6) is 0 Å². The quantitative estimate of drug-likeness (QED) is 0.578. The number of hydrazine groups is 1. The van der Waals surface area contributed by atoms with Crippen LogP contribution in [-0.4, -0.2) is 22.6 Å². The molecular weight excluding hydrogens is 190 g/mol. The van der Waals surface area contributed by atoms with Crippen LogP contribution in [0.1, 0.15) is 26.5 Å². The van der Waals surface area contributed by atoms with Crippen LogP contribution >= 0.6 is 0 Å². The molecule has 84 valence electrons. The summed E-state index contributed by atoms with van der Waals surface area (Å²) in [6.45, 7) is 9.22. The predicted molar refractivity (Wildman–Crippen MR) is 62.7 cm³/mol. The van der Waals surface area contributed by atoms with E-state index in [1.807, 2.05) is 13.0 Å². The zero-order valence-corrected chi connectivity index (χ0v) is 9.78. The van der Waals surface area contributed by atoms with Crippen molar-refractivity contribution in [3.8, 4) is 0 Å².